The molecule has 0 fully saturated rings. The first kappa shape index (κ1) is 12.4. The number of unbranched alkanes of at least 4 members (excludes halogenated alkanes) is 1. The Kier molecular flexibility index (Phi) is 7.08. The van der Waals surface area contributed by atoms with Crippen LogP contribution in [0.2, 0.25) is 6.04 Å². The summed E-state index contributed by atoms with van der Waals surface area (Å²) in [5, 5.41) is 0. The third-order valence-electron chi connectivity index (χ3n) is 1.80. The molecule has 0 aromatic heterocycles. The highest BCUT2D eigenvalue weighted by Crippen LogP contribution is 2.16. The van der Waals surface area contributed by atoms with Crippen LogP contribution in [0.4, 0.5) is 0 Å². The van der Waals surface area contributed by atoms with Crippen LogP contribution in [0.3, 0.4) is 0 Å². The van der Waals surface area contributed by atoms with E-state index >= 15 is 0 Å². The molecule has 0 rings (SSSR count). The molecule has 74 valence electrons. The maximum Gasteiger partial charge on any atom is 0.500 e. The van der Waals surface area contributed by atoms with E-state index in [0.29, 0.717) is 5.88 Å². The van der Waals surface area contributed by atoms with Crippen molar-refractivity contribution in [2.24, 2.45) is 0 Å². The highest BCUT2D eigenvalue weighted by atomic mass is 35.5. The highest BCUT2D eigenvalue weighted by molar-refractivity contribution is 6.60. The minimum atomic E-state index is -2.31. The summed E-state index contributed by atoms with van der Waals surface area (Å²) >= 11 is 5.55. The van der Waals surface area contributed by atoms with Crippen LogP contribution >= 0.6 is 11.6 Å². The molecule has 0 saturated carbocycles. The summed E-state index contributed by atoms with van der Waals surface area (Å²) in [4.78, 5) is 0. The lowest BCUT2D eigenvalue weighted by atomic mass is 10.4. The van der Waals surface area contributed by atoms with Crippen LogP contribution in [-0.4, -0.2) is 36.0 Å². The number of alkyl halides is 1. The van der Waals surface area contributed by atoms with Crippen molar-refractivity contribution in [3.8, 4) is 0 Å². The standard InChI is InChI=1S/C7H17ClO3Si/c1-9-12(10-2,11-3)7-5-4-6-8/h4-7H2,1-3H3. The van der Waals surface area contributed by atoms with Crippen molar-refractivity contribution in [3.05, 3.63) is 0 Å². The van der Waals surface area contributed by atoms with E-state index in [1.54, 1.807) is 21.3 Å². The van der Waals surface area contributed by atoms with Gasteiger partial charge in [0.15, 0.2) is 0 Å². The molecule has 0 aliphatic carbocycles. The normalized spacial score (nSPS) is 12.0. The maximum absolute atomic E-state index is 5.55. The third kappa shape index (κ3) is 3.87. The van der Waals surface area contributed by atoms with Gasteiger partial charge in [-0.2, -0.15) is 0 Å². The van der Waals surface area contributed by atoms with Crippen LogP contribution < -0.4 is 0 Å². The number of halogens is 1. The molecule has 5 heteroatoms. The molecule has 0 aliphatic rings. The fourth-order valence-corrected chi connectivity index (χ4v) is 2.98. The molecule has 0 unspecified atom stereocenters. The SMILES string of the molecule is CO[Si](CCCCCl)(OC)OC. The van der Waals surface area contributed by atoms with Gasteiger partial charge in [-0.1, -0.05) is 0 Å². The molecule has 0 N–H and O–H groups in total. The summed E-state index contributed by atoms with van der Waals surface area (Å²) in [5.41, 5.74) is 0. The molecular weight excluding hydrogens is 196 g/mol. The van der Waals surface area contributed by atoms with Crippen molar-refractivity contribution in [3.63, 3.8) is 0 Å². The average Bonchev–Trinajstić information content (AvgIpc) is 2.14. The Morgan fingerprint density at radius 2 is 1.50 bits per heavy atom. The van der Waals surface area contributed by atoms with Crippen LogP contribution in [0.25, 0.3) is 0 Å². The molecule has 12 heavy (non-hydrogen) atoms. The Morgan fingerprint density at radius 1 is 1.00 bits per heavy atom. The summed E-state index contributed by atoms with van der Waals surface area (Å²) in [5.74, 6) is 0.682. The van der Waals surface area contributed by atoms with Gasteiger partial charge in [0.2, 0.25) is 0 Å². The molecule has 0 amide bonds. The Bertz CT molecular complexity index is 101. The lowest BCUT2D eigenvalue weighted by molar-refractivity contribution is 0.123. The second-order valence-electron chi connectivity index (χ2n) is 2.44. The van der Waals surface area contributed by atoms with E-state index in [2.05, 4.69) is 0 Å². The van der Waals surface area contributed by atoms with Gasteiger partial charge in [-0.3, -0.25) is 0 Å². The molecule has 0 heterocycles. The molecule has 3 nitrogen and oxygen atoms in total. The lowest BCUT2D eigenvalue weighted by Crippen LogP contribution is -2.42. The summed E-state index contributed by atoms with van der Waals surface area (Å²) in [6, 6.07) is 0.837. The maximum atomic E-state index is 5.55. The first-order chi connectivity index (χ1) is 5.74. The van der Waals surface area contributed by atoms with E-state index in [1.165, 1.54) is 0 Å². The van der Waals surface area contributed by atoms with Gasteiger partial charge in [0.25, 0.3) is 0 Å². The van der Waals surface area contributed by atoms with Gasteiger partial charge < -0.3 is 13.3 Å². The van der Waals surface area contributed by atoms with Crippen molar-refractivity contribution >= 4 is 20.4 Å². The fourth-order valence-electron chi connectivity index (χ4n) is 0.992. The second kappa shape index (κ2) is 6.86. The van der Waals surface area contributed by atoms with Crippen LogP contribution in [0.15, 0.2) is 0 Å². The number of rotatable bonds is 7. The number of hydrogen-bond acceptors (Lipinski definition) is 3. The van der Waals surface area contributed by atoms with Crippen molar-refractivity contribution in [2.45, 2.75) is 18.9 Å². The molecule has 0 aromatic rings. The Balaban J connectivity index is 3.76. The Morgan fingerprint density at radius 3 is 1.83 bits per heavy atom. The smallest absolute Gasteiger partial charge is 0.377 e. The van der Waals surface area contributed by atoms with Crippen molar-refractivity contribution in [1.82, 2.24) is 0 Å². The summed E-state index contributed by atoms with van der Waals surface area (Å²) in [6.07, 6.45) is 1.97. The summed E-state index contributed by atoms with van der Waals surface area (Å²) in [6.45, 7) is 0. The van der Waals surface area contributed by atoms with Gasteiger partial charge in [-0.15, -0.1) is 11.6 Å². The van der Waals surface area contributed by atoms with Gasteiger partial charge in [-0.05, 0) is 12.8 Å². The van der Waals surface area contributed by atoms with Crippen molar-refractivity contribution in [1.29, 1.82) is 0 Å². The minimum Gasteiger partial charge on any atom is -0.377 e. The van der Waals surface area contributed by atoms with E-state index in [9.17, 15) is 0 Å². The number of hydrogen-bond donors (Lipinski definition) is 0. The highest BCUT2D eigenvalue weighted by Gasteiger charge is 2.36. The zero-order chi connectivity index (χ0) is 9.45. The molecule has 0 saturated heterocycles. The van der Waals surface area contributed by atoms with E-state index in [-0.39, 0.29) is 0 Å². The monoisotopic (exact) mass is 212 g/mol. The minimum absolute atomic E-state index is 0.682. The van der Waals surface area contributed by atoms with E-state index in [1.807, 2.05) is 0 Å². The molecule has 0 bridgehead atoms. The topological polar surface area (TPSA) is 27.7 Å². The Hall–Kier alpha value is 0.387. The quantitative estimate of drug-likeness (QED) is 0.367. The molecule has 0 aliphatic heterocycles. The predicted molar refractivity (Wildman–Crippen MR) is 51.5 cm³/mol. The molecule has 0 spiro atoms. The molecular formula is C7H17ClO3Si. The van der Waals surface area contributed by atoms with Gasteiger partial charge in [-0.25, -0.2) is 0 Å². The van der Waals surface area contributed by atoms with Crippen LogP contribution in [0.1, 0.15) is 12.8 Å². The predicted octanol–water partition coefficient (Wildman–Crippen LogP) is 1.88. The van der Waals surface area contributed by atoms with Crippen molar-refractivity contribution in [2.75, 3.05) is 27.2 Å². The average molecular weight is 213 g/mol. The summed E-state index contributed by atoms with van der Waals surface area (Å²) in [7, 11) is 2.56. The molecule has 0 atom stereocenters. The van der Waals surface area contributed by atoms with Gasteiger partial charge in [0.05, 0.1) is 0 Å². The van der Waals surface area contributed by atoms with E-state index in [4.69, 9.17) is 24.9 Å². The van der Waals surface area contributed by atoms with Gasteiger partial charge in [0, 0.05) is 33.3 Å². The zero-order valence-electron chi connectivity index (χ0n) is 7.93. The van der Waals surface area contributed by atoms with E-state index in [0.717, 1.165) is 18.9 Å². The molecule has 0 radical (unpaired) electrons. The van der Waals surface area contributed by atoms with Gasteiger partial charge in [0.1, 0.15) is 0 Å². The van der Waals surface area contributed by atoms with Crippen LogP contribution in [-0.2, 0) is 13.3 Å². The largest absolute Gasteiger partial charge is 0.500 e. The molecule has 0 aromatic carbocycles. The zero-order valence-corrected chi connectivity index (χ0v) is 9.69. The third-order valence-corrected chi connectivity index (χ3v) is 4.90. The van der Waals surface area contributed by atoms with Crippen molar-refractivity contribution < 1.29 is 13.3 Å². The van der Waals surface area contributed by atoms with Crippen LogP contribution in [0, 0.1) is 0 Å². The van der Waals surface area contributed by atoms with Gasteiger partial charge >= 0.3 is 8.80 Å². The first-order valence-electron chi connectivity index (χ1n) is 3.96. The Labute approximate surface area is 80.3 Å². The lowest BCUT2D eigenvalue weighted by Gasteiger charge is -2.23. The van der Waals surface area contributed by atoms with Crippen LogP contribution in [0.5, 0.6) is 0 Å². The first-order valence-corrected chi connectivity index (χ1v) is 6.42. The van der Waals surface area contributed by atoms with E-state index < -0.39 is 8.80 Å². The second-order valence-corrected chi connectivity index (χ2v) is 5.91. The fraction of sp³-hybridized carbons (Fsp3) is 1.00. The summed E-state index contributed by atoms with van der Waals surface area (Å²) < 4.78 is 15.7.